The second-order valence-electron chi connectivity index (χ2n) is 4.11. The smallest absolute Gasteiger partial charge is 0.313 e. The lowest BCUT2D eigenvalue weighted by Crippen LogP contribution is -2.24. The Balaban J connectivity index is 2.27. The van der Waals surface area contributed by atoms with Crippen LogP contribution < -0.4 is 16.7 Å². The summed E-state index contributed by atoms with van der Waals surface area (Å²) in [7, 11) is 0. The highest BCUT2D eigenvalue weighted by atomic mass is 16.6. The number of aromatic nitrogens is 2. The van der Waals surface area contributed by atoms with Crippen LogP contribution in [-0.4, -0.2) is 26.0 Å². The highest BCUT2D eigenvalue weighted by Gasteiger charge is 2.19. The largest absolute Gasteiger partial charge is 0.325 e. The second kappa shape index (κ2) is 6.30. The van der Waals surface area contributed by atoms with Crippen molar-refractivity contribution in [2.45, 2.75) is 0 Å². The Bertz CT molecular complexity index is 914. The fourth-order valence-electron chi connectivity index (χ4n) is 1.57. The maximum atomic E-state index is 11.4. The van der Waals surface area contributed by atoms with Crippen molar-refractivity contribution >= 4 is 23.3 Å². The van der Waals surface area contributed by atoms with Crippen molar-refractivity contribution in [3.8, 4) is 0 Å². The van der Waals surface area contributed by atoms with Crippen LogP contribution in [0.5, 0.6) is 0 Å². The number of hydrogen-bond acceptors (Lipinski definition) is 8. The van der Waals surface area contributed by atoms with Crippen LogP contribution in [0.1, 0.15) is 5.56 Å². The summed E-state index contributed by atoms with van der Waals surface area (Å²) in [5, 5.41) is 25.2. The first-order chi connectivity index (χ1) is 10.9. The zero-order valence-corrected chi connectivity index (χ0v) is 11.2. The van der Waals surface area contributed by atoms with Crippen LogP contribution in [0.4, 0.5) is 17.1 Å². The Morgan fingerprint density at radius 2 is 1.91 bits per heavy atom. The fraction of sp³-hybridized carbons (Fsp3) is 0. The van der Waals surface area contributed by atoms with E-state index in [0.29, 0.717) is 0 Å². The monoisotopic (exact) mass is 320 g/mol. The van der Waals surface area contributed by atoms with Crippen molar-refractivity contribution < 1.29 is 9.85 Å². The minimum absolute atomic E-state index is 0.00154. The number of nitrogens with zero attached hydrogens (tertiary/aromatic N) is 3. The standard InChI is InChI=1S/C11H8N6O6/c18-10-6(4-12-11(19)14-10)5-13-15-8-2-1-7(16(20)21)3-9(8)17(22)23/h1-5,15H,(H2,12,14,18,19). The van der Waals surface area contributed by atoms with Gasteiger partial charge in [-0.1, -0.05) is 0 Å². The molecule has 0 fully saturated rings. The molecule has 3 N–H and O–H groups in total. The summed E-state index contributed by atoms with van der Waals surface area (Å²) >= 11 is 0. The van der Waals surface area contributed by atoms with Crippen LogP contribution in [-0.2, 0) is 0 Å². The van der Waals surface area contributed by atoms with E-state index in [1.165, 1.54) is 0 Å². The van der Waals surface area contributed by atoms with Gasteiger partial charge in [0.25, 0.3) is 11.2 Å². The molecule has 0 radical (unpaired) electrons. The molecule has 0 saturated heterocycles. The zero-order valence-electron chi connectivity index (χ0n) is 11.2. The number of nitrogens with one attached hydrogen (secondary N) is 3. The molecule has 0 bridgehead atoms. The highest BCUT2D eigenvalue weighted by molar-refractivity contribution is 5.79. The predicted molar refractivity (Wildman–Crippen MR) is 78.7 cm³/mol. The van der Waals surface area contributed by atoms with E-state index in [-0.39, 0.29) is 11.3 Å². The summed E-state index contributed by atoms with van der Waals surface area (Å²) in [4.78, 5) is 46.4. The molecule has 12 nitrogen and oxygen atoms in total. The molecule has 0 saturated carbocycles. The second-order valence-corrected chi connectivity index (χ2v) is 4.11. The number of hydrogen-bond donors (Lipinski definition) is 3. The molecule has 1 aromatic heterocycles. The lowest BCUT2D eigenvalue weighted by Gasteiger charge is -2.01. The normalized spacial score (nSPS) is 10.6. The van der Waals surface area contributed by atoms with Gasteiger partial charge in [0.2, 0.25) is 0 Å². The summed E-state index contributed by atoms with van der Waals surface area (Å²) < 4.78 is 0. The maximum absolute atomic E-state index is 11.4. The quantitative estimate of drug-likeness (QED) is 0.403. The van der Waals surface area contributed by atoms with Gasteiger partial charge in [-0.2, -0.15) is 5.10 Å². The Hall–Kier alpha value is -3.83. The van der Waals surface area contributed by atoms with Gasteiger partial charge in [-0.05, 0) is 6.07 Å². The first-order valence-electron chi connectivity index (χ1n) is 5.92. The molecule has 12 heteroatoms. The lowest BCUT2D eigenvalue weighted by atomic mass is 10.2. The number of H-pyrrole nitrogens is 2. The Morgan fingerprint density at radius 1 is 1.17 bits per heavy atom. The van der Waals surface area contributed by atoms with Gasteiger partial charge in [0.1, 0.15) is 5.69 Å². The van der Waals surface area contributed by atoms with E-state index in [1.807, 2.05) is 4.98 Å². The number of anilines is 1. The molecule has 0 spiro atoms. The van der Waals surface area contributed by atoms with Crippen LogP contribution in [0.25, 0.3) is 0 Å². The van der Waals surface area contributed by atoms with Crippen LogP contribution in [0.15, 0.2) is 39.1 Å². The Labute approximate surface area is 125 Å². The molecule has 1 heterocycles. The van der Waals surface area contributed by atoms with E-state index in [4.69, 9.17) is 0 Å². The van der Waals surface area contributed by atoms with Crippen molar-refractivity contribution in [1.29, 1.82) is 0 Å². The van der Waals surface area contributed by atoms with Gasteiger partial charge in [0.05, 0.1) is 27.7 Å². The number of non-ortho nitro benzene ring substituents is 1. The van der Waals surface area contributed by atoms with Crippen molar-refractivity contribution in [3.05, 3.63) is 71.0 Å². The number of hydrazone groups is 1. The maximum Gasteiger partial charge on any atom is 0.325 e. The van der Waals surface area contributed by atoms with Crippen LogP contribution in [0.2, 0.25) is 0 Å². The van der Waals surface area contributed by atoms with Crippen molar-refractivity contribution in [3.63, 3.8) is 0 Å². The van der Waals surface area contributed by atoms with Gasteiger partial charge >= 0.3 is 11.4 Å². The zero-order chi connectivity index (χ0) is 17.0. The van der Waals surface area contributed by atoms with Gasteiger partial charge in [0, 0.05) is 12.3 Å². The van der Waals surface area contributed by atoms with Crippen LogP contribution in [0, 0.1) is 20.2 Å². The van der Waals surface area contributed by atoms with Gasteiger partial charge in [-0.25, -0.2) is 4.79 Å². The van der Waals surface area contributed by atoms with Gasteiger partial charge < -0.3 is 4.98 Å². The first-order valence-corrected chi connectivity index (χ1v) is 5.92. The molecule has 0 amide bonds. The fourth-order valence-corrected chi connectivity index (χ4v) is 1.57. The van der Waals surface area contributed by atoms with E-state index >= 15 is 0 Å². The van der Waals surface area contributed by atoms with Crippen molar-refractivity contribution in [1.82, 2.24) is 9.97 Å². The molecule has 0 aliphatic rings. The summed E-state index contributed by atoms with van der Waals surface area (Å²) in [6.45, 7) is 0. The number of rotatable bonds is 5. The minimum Gasteiger partial charge on any atom is -0.313 e. The van der Waals surface area contributed by atoms with Crippen molar-refractivity contribution in [2.75, 3.05) is 5.43 Å². The van der Waals surface area contributed by atoms with Gasteiger partial charge in [-0.15, -0.1) is 0 Å². The molecular weight excluding hydrogens is 312 g/mol. The molecule has 0 aliphatic heterocycles. The SMILES string of the molecule is O=c1[nH]cc(C=NNc2ccc([N+](=O)[O-])cc2[N+](=O)[O-])c(=O)[nH]1. The molecule has 23 heavy (non-hydrogen) atoms. The lowest BCUT2D eigenvalue weighted by molar-refractivity contribution is -0.393. The summed E-state index contributed by atoms with van der Waals surface area (Å²) in [6, 6.07) is 2.97. The molecule has 0 aliphatic carbocycles. The average molecular weight is 320 g/mol. The summed E-state index contributed by atoms with van der Waals surface area (Å²) in [6.07, 6.45) is 2.14. The average Bonchev–Trinajstić information content (AvgIpc) is 2.49. The molecule has 0 unspecified atom stereocenters. The Morgan fingerprint density at radius 3 is 2.52 bits per heavy atom. The topological polar surface area (TPSA) is 176 Å². The Kier molecular flexibility index (Phi) is 4.26. The minimum atomic E-state index is -0.808. The molecular formula is C11H8N6O6. The molecule has 0 atom stereocenters. The predicted octanol–water partition coefficient (Wildman–Crippen LogP) is 0.326. The van der Waals surface area contributed by atoms with Gasteiger partial charge in [0.15, 0.2) is 0 Å². The van der Waals surface area contributed by atoms with Crippen molar-refractivity contribution in [2.24, 2.45) is 5.10 Å². The first kappa shape index (κ1) is 15.6. The number of aromatic amines is 2. The van der Waals surface area contributed by atoms with E-state index in [1.54, 1.807) is 0 Å². The third kappa shape index (κ3) is 3.63. The van der Waals surface area contributed by atoms with Gasteiger partial charge in [-0.3, -0.25) is 35.4 Å². The number of nitro benzene ring substituents is 2. The van der Waals surface area contributed by atoms with E-state index in [9.17, 15) is 29.8 Å². The van der Waals surface area contributed by atoms with E-state index in [0.717, 1.165) is 30.6 Å². The third-order valence-corrected chi connectivity index (χ3v) is 2.63. The summed E-state index contributed by atoms with van der Waals surface area (Å²) in [5.74, 6) is 0. The van der Waals surface area contributed by atoms with E-state index in [2.05, 4.69) is 15.5 Å². The molecule has 118 valence electrons. The van der Waals surface area contributed by atoms with E-state index < -0.39 is 32.5 Å². The van der Waals surface area contributed by atoms with Crippen LogP contribution in [0.3, 0.4) is 0 Å². The number of nitro groups is 2. The van der Waals surface area contributed by atoms with Crippen LogP contribution >= 0.6 is 0 Å². The number of benzene rings is 1. The molecule has 1 aromatic carbocycles. The highest BCUT2D eigenvalue weighted by Crippen LogP contribution is 2.28. The summed E-state index contributed by atoms with van der Waals surface area (Å²) in [5.41, 5.74) is -0.163. The molecule has 2 rings (SSSR count). The third-order valence-electron chi connectivity index (χ3n) is 2.63. The molecule has 2 aromatic rings.